The van der Waals surface area contributed by atoms with Crippen molar-refractivity contribution in [3.05, 3.63) is 22.7 Å². The van der Waals surface area contributed by atoms with Crippen molar-refractivity contribution in [2.24, 2.45) is 0 Å². The minimum Gasteiger partial charge on any atom is -0.396 e. The number of fused-ring (bicyclic) bond motifs is 1. The summed E-state index contributed by atoms with van der Waals surface area (Å²) < 4.78 is 7.16. The molecule has 1 aliphatic heterocycles. The highest BCUT2D eigenvalue weighted by Gasteiger charge is 2.21. The zero-order valence-corrected chi connectivity index (χ0v) is 12.3. The zero-order chi connectivity index (χ0) is 14.8. The van der Waals surface area contributed by atoms with Crippen LogP contribution in [0.2, 0.25) is 5.15 Å². The van der Waals surface area contributed by atoms with Gasteiger partial charge in [0, 0.05) is 32.3 Å². The highest BCUT2D eigenvalue weighted by atomic mass is 35.5. The number of aliphatic hydroxyl groups excluding tert-OH is 2. The number of hydrogen-bond donors (Lipinski definition) is 2. The highest BCUT2D eigenvalue weighted by Crippen LogP contribution is 2.25. The van der Waals surface area contributed by atoms with Crippen molar-refractivity contribution in [2.75, 3.05) is 37.8 Å². The van der Waals surface area contributed by atoms with E-state index in [9.17, 15) is 10.2 Å². The van der Waals surface area contributed by atoms with Gasteiger partial charge < -0.3 is 19.8 Å². The summed E-state index contributed by atoms with van der Waals surface area (Å²) in [7, 11) is 0. The van der Waals surface area contributed by atoms with Crippen LogP contribution in [0.3, 0.4) is 0 Å². The number of anilines is 1. The monoisotopic (exact) mass is 312 g/mol. The lowest BCUT2D eigenvalue weighted by Gasteiger charge is -2.28. The van der Waals surface area contributed by atoms with Gasteiger partial charge in [0.15, 0.2) is 11.5 Å². The number of imidazole rings is 1. The first-order valence-corrected chi connectivity index (χ1v) is 7.23. The average molecular weight is 313 g/mol. The lowest BCUT2D eigenvalue weighted by Crippen LogP contribution is -2.37. The standard InChI is InChI=1S/C13H17ClN4O3/c14-11-7-18-10(1-4-19)9(8-20)15-13(18)12(16-11)17-2-5-21-6-3-17/h7,19-20H,1-6,8H2. The first-order valence-electron chi connectivity index (χ1n) is 6.85. The van der Waals surface area contributed by atoms with E-state index in [0.717, 1.165) is 18.8 Å². The smallest absolute Gasteiger partial charge is 0.180 e. The molecule has 1 saturated heterocycles. The van der Waals surface area contributed by atoms with E-state index >= 15 is 0 Å². The summed E-state index contributed by atoms with van der Waals surface area (Å²) in [6, 6.07) is 0. The maximum absolute atomic E-state index is 9.47. The van der Waals surface area contributed by atoms with Crippen molar-refractivity contribution in [1.82, 2.24) is 14.4 Å². The van der Waals surface area contributed by atoms with Crippen LogP contribution in [0.4, 0.5) is 5.82 Å². The molecule has 0 amide bonds. The van der Waals surface area contributed by atoms with Crippen molar-refractivity contribution < 1.29 is 14.9 Å². The number of hydrogen-bond acceptors (Lipinski definition) is 6. The second-order valence-corrected chi connectivity index (χ2v) is 5.20. The van der Waals surface area contributed by atoms with E-state index in [2.05, 4.69) is 14.9 Å². The van der Waals surface area contributed by atoms with Crippen LogP contribution >= 0.6 is 11.6 Å². The van der Waals surface area contributed by atoms with Gasteiger partial charge in [-0.15, -0.1) is 0 Å². The van der Waals surface area contributed by atoms with E-state index in [4.69, 9.17) is 16.3 Å². The largest absolute Gasteiger partial charge is 0.396 e. The highest BCUT2D eigenvalue weighted by molar-refractivity contribution is 6.29. The zero-order valence-electron chi connectivity index (χ0n) is 11.5. The molecular formula is C13H17ClN4O3. The van der Waals surface area contributed by atoms with Gasteiger partial charge in [-0.25, -0.2) is 9.97 Å². The Hall–Kier alpha value is -1.41. The molecule has 1 fully saturated rings. The number of aromatic nitrogens is 3. The predicted octanol–water partition coefficient (Wildman–Crippen LogP) is 0.246. The summed E-state index contributed by atoms with van der Waals surface area (Å²) in [5.74, 6) is 0.685. The lowest BCUT2D eigenvalue weighted by molar-refractivity contribution is 0.122. The minimum absolute atomic E-state index is 0.0202. The number of ether oxygens (including phenoxy) is 1. The molecule has 0 saturated carbocycles. The number of halogens is 1. The SMILES string of the molecule is OCCc1c(CO)nc2c(N3CCOCC3)nc(Cl)cn12. The Labute approximate surface area is 126 Å². The predicted molar refractivity (Wildman–Crippen MR) is 77.7 cm³/mol. The molecule has 0 radical (unpaired) electrons. The molecule has 0 bridgehead atoms. The van der Waals surface area contributed by atoms with Gasteiger partial charge in [0.25, 0.3) is 0 Å². The van der Waals surface area contributed by atoms with E-state index in [1.165, 1.54) is 0 Å². The Morgan fingerprint density at radius 1 is 1.24 bits per heavy atom. The molecule has 114 valence electrons. The molecule has 3 heterocycles. The fourth-order valence-electron chi connectivity index (χ4n) is 2.58. The van der Waals surface area contributed by atoms with Crippen LogP contribution in [0.15, 0.2) is 6.20 Å². The fraction of sp³-hybridized carbons (Fsp3) is 0.538. The molecule has 0 spiro atoms. The summed E-state index contributed by atoms with van der Waals surface area (Å²) in [6.07, 6.45) is 2.07. The third-order valence-corrected chi connectivity index (χ3v) is 3.73. The molecule has 7 nitrogen and oxygen atoms in total. The Kier molecular flexibility index (Phi) is 4.25. The fourth-order valence-corrected chi connectivity index (χ4v) is 2.76. The summed E-state index contributed by atoms with van der Waals surface area (Å²) >= 11 is 6.12. The topological polar surface area (TPSA) is 83.1 Å². The van der Waals surface area contributed by atoms with Crippen molar-refractivity contribution in [1.29, 1.82) is 0 Å². The Morgan fingerprint density at radius 3 is 2.67 bits per heavy atom. The van der Waals surface area contributed by atoms with Gasteiger partial charge in [0.1, 0.15) is 5.15 Å². The Morgan fingerprint density at radius 2 is 2.00 bits per heavy atom. The van der Waals surface area contributed by atoms with Crippen molar-refractivity contribution in [3.63, 3.8) is 0 Å². The first-order chi connectivity index (χ1) is 10.2. The van der Waals surface area contributed by atoms with Gasteiger partial charge in [-0.05, 0) is 0 Å². The molecule has 3 rings (SSSR count). The molecule has 2 aromatic rings. The number of rotatable bonds is 4. The van der Waals surface area contributed by atoms with Crippen molar-refractivity contribution >= 4 is 23.1 Å². The average Bonchev–Trinajstić information content (AvgIpc) is 2.86. The van der Waals surface area contributed by atoms with Crippen LogP contribution in [0.1, 0.15) is 11.4 Å². The van der Waals surface area contributed by atoms with Crippen LogP contribution in [-0.2, 0) is 17.8 Å². The summed E-state index contributed by atoms with van der Waals surface area (Å²) in [6.45, 7) is 2.51. The normalized spacial score (nSPS) is 15.9. The van der Waals surface area contributed by atoms with E-state index in [1.54, 1.807) is 6.20 Å². The van der Waals surface area contributed by atoms with E-state index in [1.807, 2.05) is 4.40 Å². The molecule has 0 aliphatic carbocycles. The number of nitrogens with zero attached hydrogens (tertiary/aromatic N) is 4. The molecule has 1 aliphatic rings. The molecule has 0 unspecified atom stereocenters. The molecule has 21 heavy (non-hydrogen) atoms. The maximum Gasteiger partial charge on any atom is 0.180 e. The lowest BCUT2D eigenvalue weighted by atomic mass is 10.2. The van der Waals surface area contributed by atoms with Crippen LogP contribution in [-0.4, -0.2) is 57.5 Å². The Bertz CT molecular complexity index is 640. The Balaban J connectivity index is 2.15. The van der Waals surface area contributed by atoms with Crippen molar-refractivity contribution in [2.45, 2.75) is 13.0 Å². The van der Waals surface area contributed by atoms with Gasteiger partial charge in [0.2, 0.25) is 0 Å². The van der Waals surface area contributed by atoms with Crippen LogP contribution in [0.25, 0.3) is 5.65 Å². The van der Waals surface area contributed by atoms with E-state index in [-0.39, 0.29) is 13.2 Å². The van der Waals surface area contributed by atoms with Gasteiger partial charge in [-0.2, -0.15) is 0 Å². The number of aliphatic hydroxyl groups is 2. The molecule has 2 aromatic heterocycles. The molecule has 0 aromatic carbocycles. The summed E-state index contributed by atoms with van der Waals surface area (Å²) in [4.78, 5) is 10.9. The molecular weight excluding hydrogens is 296 g/mol. The third kappa shape index (κ3) is 2.69. The van der Waals surface area contributed by atoms with E-state index < -0.39 is 0 Å². The van der Waals surface area contributed by atoms with Gasteiger partial charge in [0.05, 0.1) is 31.2 Å². The van der Waals surface area contributed by atoms with Gasteiger partial charge >= 0.3 is 0 Å². The maximum atomic E-state index is 9.47. The molecule has 0 atom stereocenters. The molecule has 8 heteroatoms. The third-order valence-electron chi connectivity index (χ3n) is 3.55. The number of morpholine rings is 1. The van der Waals surface area contributed by atoms with Gasteiger partial charge in [-0.3, -0.25) is 4.40 Å². The minimum atomic E-state index is -0.183. The summed E-state index contributed by atoms with van der Waals surface area (Å²) in [5, 5.41) is 19.0. The van der Waals surface area contributed by atoms with Crippen LogP contribution in [0.5, 0.6) is 0 Å². The quantitative estimate of drug-likeness (QED) is 0.842. The van der Waals surface area contributed by atoms with E-state index in [0.29, 0.717) is 41.9 Å². The summed E-state index contributed by atoms with van der Waals surface area (Å²) in [5.41, 5.74) is 1.95. The van der Waals surface area contributed by atoms with Crippen molar-refractivity contribution in [3.8, 4) is 0 Å². The van der Waals surface area contributed by atoms with Crippen LogP contribution in [0, 0.1) is 0 Å². The molecule has 2 N–H and O–H groups in total. The first kappa shape index (κ1) is 14.5. The second kappa shape index (κ2) is 6.15. The second-order valence-electron chi connectivity index (χ2n) is 4.82. The van der Waals surface area contributed by atoms with Crippen LogP contribution < -0.4 is 4.90 Å². The van der Waals surface area contributed by atoms with Gasteiger partial charge in [-0.1, -0.05) is 11.6 Å².